The van der Waals surface area contributed by atoms with E-state index in [1.807, 2.05) is 0 Å². The van der Waals surface area contributed by atoms with Crippen molar-refractivity contribution < 1.29 is 34.2 Å². The van der Waals surface area contributed by atoms with E-state index >= 15 is 0 Å². The van der Waals surface area contributed by atoms with Crippen LogP contribution in [-0.4, -0.2) is 79.6 Å². The summed E-state index contributed by atoms with van der Waals surface area (Å²) < 4.78 is 5.05. The second kappa shape index (κ2) is 9.44. The van der Waals surface area contributed by atoms with Crippen molar-refractivity contribution in [2.24, 2.45) is 5.16 Å². The van der Waals surface area contributed by atoms with E-state index in [1.54, 1.807) is 13.8 Å². The molecule has 32 heavy (non-hydrogen) atoms. The van der Waals surface area contributed by atoms with Gasteiger partial charge in [-0.05, 0) is 13.8 Å². The van der Waals surface area contributed by atoms with E-state index in [-0.39, 0.29) is 40.5 Å². The summed E-state index contributed by atoms with van der Waals surface area (Å²) >= 11 is 2.24. The summed E-state index contributed by atoms with van der Waals surface area (Å²) in [6.45, 7) is 3.19. The van der Waals surface area contributed by atoms with Gasteiger partial charge in [0.25, 0.3) is 11.8 Å². The van der Waals surface area contributed by atoms with Crippen LogP contribution in [0.3, 0.4) is 0 Å². The molecule has 13 nitrogen and oxygen atoms in total. The number of carbonyl (C=O) groups excluding carboxylic acids is 3. The van der Waals surface area contributed by atoms with E-state index < -0.39 is 41.0 Å². The molecule has 3 amide bonds. The van der Waals surface area contributed by atoms with Gasteiger partial charge in [-0.2, -0.15) is 0 Å². The highest BCUT2D eigenvalue weighted by Gasteiger charge is 2.54. The van der Waals surface area contributed by atoms with E-state index in [4.69, 9.17) is 10.5 Å². The molecule has 172 valence electrons. The number of nitrogen functional groups attached to an aromatic ring is 1. The number of thioether (sulfide) groups is 1. The third kappa shape index (κ3) is 4.62. The molecular formula is C17H20N6O7S2. The summed E-state index contributed by atoms with van der Waals surface area (Å²) in [7, 11) is 0. The second-order valence-electron chi connectivity index (χ2n) is 7.01. The molecule has 1 aromatic rings. The van der Waals surface area contributed by atoms with E-state index in [9.17, 15) is 29.5 Å². The number of aliphatic carboxylic acids is 1. The minimum Gasteiger partial charge on any atom is -0.477 e. The molecule has 0 spiro atoms. The van der Waals surface area contributed by atoms with Crippen molar-refractivity contribution in [3.05, 3.63) is 22.3 Å². The Hall–Kier alpha value is -3.33. The third-order valence-electron chi connectivity index (χ3n) is 4.40. The van der Waals surface area contributed by atoms with Crippen LogP contribution in [-0.2, 0) is 19.1 Å². The average Bonchev–Trinajstić information content (AvgIpc) is 3.15. The van der Waals surface area contributed by atoms with Gasteiger partial charge < -0.3 is 31.4 Å². The molecule has 2 aliphatic rings. The summed E-state index contributed by atoms with van der Waals surface area (Å²) in [5, 5.41) is 27.6. The van der Waals surface area contributed by atoms with E-state index in [0.717, 1.165) is 16.2 Å². The first-order valence-electron chi connectivity index (χ1n) is 9.21. The molecular weight excluding hydrogens is 464 g/mol. The summed E-state index contributed by atoms with van der Waals surface area (Å²) in [5.41, 5.74) is 5.10. The Morgan fingerprint density at radius 2 is 2.16 bits per heavy atom. The van der Waals surface area contributed by atoms with Crippen molar-refractivity contribution in [2.75, 3.05) is 18.1 Å². The minimum absolute atomic E-state index is 0.0395. The molecule has 0 radical (unpaired) electrons. The van der Waals surface area contributed by atoms with Crippen LogP contribution in [0, 0.1) is 0 Å². The number of alkyl carbamates (subject to hydrolysis) is 1. The van der Waals surface area contributed by atoms with Gasteiger partial charge in [0.05, 0.1) is 0 Å². The van der Waals surface area contributed by atoms with E-state index in [2.05, 4.69) is 20.8 Å². The predicted octanol–water partition coefficient (Wildman–Crippen LogP) is -0.223. The number of nitrogens with two attached hydrogens (primary N) is 1. The number of thiazole rings is 1. The fourth-order valence-electron chi connectivity index (χ4n) is 3.04. The van der Waals surface area contributed by atoms with Crippen molar-refractivity contribution >= 4 is 57.8 Å². The number of hydrogen-bond donors (Lipinski definition) is 5. The van der Waals surface area contributed by atoms with Gasteiger partial charge in [-0.25, -0.2) is 14.6 Å². The number of nitrogens with one attached hydrogen (secondary N) is 2. The molecule has 0 saturated carbocycles. The maximum absolute atomic E-state index is 12.7. The van der Waals surface area contributed by atoms with Crippen molar-refractivity contribution in [3.8, 4) is 0 Å². The molecule has 1 saturated heterocycles. The molecule has 2 atom stereocenters. The fourth-order valence-corrected chi connectivity index (χ4v) is 4.92. The first-order chi connectivity index (χ1) is 15.1. The molecule has 3 heterocycles. The van der Waals surface area contributed by atoms with Crippen LogP contribution in [0.2, 0.25) is 0 Å². The largest absolute Gasteiger partial charge is 0.477 e. The lowest BCUT2D eigenvalue weighted by atomic mass is 10.0. The topological polar surface area (TPSA) is 197 Å². The van der Waals surface area contributed by atoms with Gasteiger partial charge in [0.1, 0.15) is 29.4 Å². The highest BCUT2D eigenvalue weighted by atomic mass is 32.2. The molecule has 0 aliphatic carbocycles. The number of ether oxygens (including phenoxy) is 1. The third-order valence-corrected chi connectivity index (χ3v) is 6.41. The predicted molar refractivity (Wildman–Crippen MR) is 114 cm³/mol. The zero-order valence-electron chi connectivity index (χ0n) is 16.9. The average molecular weight is 485 g/mol. The number of rotatable bonds is 7. The standard InChI is InChI=1S/C17H20N6O7S2/c1-6(2)19-17(28)30-3-7-4-31-14-10(13(25)23(14)11(7)15(26)27)21-12(24)9(22-29)8-5-32-16(18)20-8/h5-6,10,14,29H,3-4H2,1-2H3,(H2,18,20)(H,19,28)(H,21,24)(H,26,27)/b22-9-/t10-,14-/m1/s1. The Morgan fingerprint density at radius 1 is 1.44 bits per heavy atom. The molecule has 6 N–H and O–H groups in total. The number of carboxylic acids is 1. The van der Waals surface area contributed by atoms with E-state index in [0.29, 0.717) is 0 Å². The lowest BCUT2D eigenvalue weighted by Crippen LogP contribution is -2.71. The first kappa shape index (κ1) is 23.3. The molecule has 1 aromatic heterocycles. The number of aromatic nitrogens is 1. The first-order valence-corrected chi connectivity index (χ1v) is 11.1. The van der Waals surface area contributed by atoms with Crippen LogP contribution in [0.5, 0.6) is 0 Å². The number of hydrogen-bond acceptors (Lipinski definition) is 11. The zero-order chi connectivity index (χ0) is 23.6. The van der Waals surface area contributed by atoms with Gasteiger partial charge >= 0.3 is 12.1 Å². The monoisotopic (exact) mass is 484 g/mol. The van der Waals surface area contributed by atoms with Gasteiger partial charge in [0.15, 0.2) is 10.8 Å². The zero-order valence-corrected chi connectivity index (χ0v) is 18.5. The Kier molecular flexibility index (Phi) is 6.88. The summed E-state index contributed by atoms with van der Waals surface area (Å²) in [5.74, 6) is -2.71. The molecule has 0 unspecified atom stereocenters. The van der Waals surface area contributed by atoms with Gasteiger partial charge in [-0.15, -0.1) is 23.1 Å². The molecule has 0 aromatic carbocycles. The van der Waals surface area contributed by atoms with Crippen molar-refractivity contribution in [1.29, 1.82) is 0 Å². The normalized spacial score (nSPS) is 20.5. The van der Waals surface area contributed by atoms with Crippen molar-refractivity contribution in [1.82, 2.24) is 20.5 Å². The van der Waals surface area contributed by atoms with E-state index in [1.165, 1.54) is 17.1 Å². The SMILES string of the molecule is CC(C)NC(=O)OCC1=C(C(=O)O)N2C(=O)[C@@H](NC(=O)/C(=N\O)c3csc(N)n3)[C@H]2SC1. The molecule has 0 bridgehead atoms. The molecule has 1 fully saturated rings. The number of carboxylic acid groups (broad SMARTS) is 1. The smallest absolute Gasteiger partial charge is 0.407 e. The van der Waals surface area contributed by atoms with Crippen LogP contribution < -0.4 is 16.4 Å². The van der Waals surface area contributed by atoms with Gasteiger partial charge in [0.2, 0.25) is 0 Å². The van der Waals surface area contributed by atoms with Crippen molar-refractivity contribution in [3.63, 3.8) is 0 Å². The van der Waals surface area contributed by atoms with Crippen LogP contribution in [0.1, 0.15) is 19.5 Å². The summed E-state index contributed by atoms with van der Waals surface area (Å²) in [6.07, 6.45) is -0.706. The minimum atomic E-state index is -1.35. The van der Waals surface area contributed by atoms with Crippen LogP contribution >= 0.6 is 23.1 Å². The van der Waals surface area contributed by atoms with Crippen LogP contribution in [0.4, 0.5) is 9.93 Å². The van der Waals surface area contributed by atoms with Crippen LogP contribution in [0.25, 0.3) is 0 Å². The van der Waals surface area contributed by atoms with Gasteiger partial charge in [-0.1, -0.05) is 5.16 Å². The summed E-state index contributed by atoms with van der Waals surface area (Å²) in [4.78, 5) is 53.6. The highest BCUT2D eigenvalue weighted by Crippen LogP contribution is 2.40. The quantitative estimate of drug-likeness (QED) is 0.149. The lowest BCUT2D eigenvalue weighted by molar-refractivity contribution is -0.150. The molecule has 3 rings (SSSR count). The maximum Gasteiger partial charge on any atom is 0.407 e. The number of nitrogens with zero attached hydrogens (tertiary/aromatic N) is 3. The molecule has 15 heteroatoms. The maximum atomic E-state index is 12.7. The van der Waals surface area contributed by atoms with Gasteiger partial charge in [-0.3, -0.25) is 14.5 Å². The molecule has 2 aliphatic heterocycles. The lowest BCUT2D eigenvalue weighted by Gasteiger charge is -2.49. The van der Waals surface area contributed by atoms with Crippen LogP contribution in [0.15, 0.2) is 21.8 Å². The number of carbonyl (C=O) groups is 4. The highest BCUT2D eigenvalue weighted by molar-refractivity contribution is 8.00. The van der Waals surface area contributed by atoms with Crippen molar-refractivity contribution in [2.45, 2.75) is 31.3 Å². The van der Waals surface area contributed by atoms with Gasteiger partial charge in [0, 0.05) is 22.7 Å². The Labute approximate surface area is 189 Å². The Bertz CT molecular complexity index is 1020. The number of fused-ring (bicyclic) bond motifs is 1. The number of anilines is 1. The number of β-lactam (4-membered cyclic amide) rings is 1. The number of oxime groups is 1. The Morgan fingerprint density at radius 3 is 2.72 bits per heavy atom. The second-order valence-corrected chi connectivity index (χ2v) is 9.01. The fraction of sp³-hybridized carbons (Fsp3) is 0.412. The number of amides is 3. The Balaban J connectivity index is 1.71. The summed E-state index contributed by atoms with van der Waals surface area (Å²) in [6, 6.07) is -1.20.